The van der Waals surface area contributed by atoms with Crippen molar-refractivity contribution >= 4 is 27.3 Å². The number of benzene rings is 2. The average Bonchev–Trinajstić information content (AvgIpc) is 2.60. The van der Waals surface area contributed by atoms with Crippen molar-refractivity contribution in [2.45, 2.75) is 0 Å². The van der Waals surface area contributed by atoms with Gasteiger partial charge in [-0.1, -0.05) is 12.1 Å². The third-order valence-electron chi connectivity index (χ3n) is 3.49. The van der Waals surface area contributed by atoms with Crippen molar-refractivity contribution in [3.05, 3.63) is 48.3 Å². The lowest BCUT2D eigenvalue weighted by molar-refractivity contribution is -0.114. The zero-order valence-electron chi connectivity index (χ0n) is 14.5. The van der Waals surface area contributed by atoms with Crippen molar-refractivity contribution in [3.63, 3.8) is 0 Å². The van der Waals surface area contributed by atoms with Crippen LogP contribution in [0.15, 0.2) is 42.5 Å². The fraction of sp³-hybridized carbons (Fsp3) is 0.235. The van der Waals surface area contributed by atoms with Crippen LogP contribution in [0.3, 0.4) is 0 Å². The van der Waals surface area contributed by atoms with Crippen LogP contribution in [0.4, 0.5) is 15.8 Å². The molecule has 1 amide bonds. The van der Waals surface area contributed by atoms with Gasteiger partial charge in [0, 0.05) is 6.07 Å². The molecule has 0 bridgehead atoms. The Balaban J connectivity index is 2.29. The van der Waals surface area contributed by atoms with Crippen molar-refractivity contribution in [1.29, 1.82) is 0 Å². The molecular weight excluding hydrogens is 363 g/mol. The lowest BCUT2D eigenvalue weighted by Crippen LogP contribution is -2.37. The number of methoxy groups -OCH3 is 2. The van der Waals surface area contributed by atoms with Gasteiger partial charge in [0.05, 0.1) is 31.9 Å². The molecule has 0 radical (unpaired) electrons. The van der Waals surface area contributed by atoms with Crippen LogP contribution in [0.1, 0.15) is 0 Å². The second-order valence-corrected chi connectivity index (χ2v) is 7.24. The van der Waals surface area contributed by atoms with Crippen molar-refractivity contribution in [1.82, 2.24) is 0 Å². The van der Waals surface area contributed by atoms with E-state index in [0.29, 0.717) is 11.5 Å². The molecule has 0 unspecified atom stereocenters. The first-order chi connectivity index (χ1) is 12.3. The highest BCUT2D eigenvalue weighted by atomic mass is 32.2. The van der Waals surface area contributed by atoms with E-state index in [1.807, 2.05) is 0 Å². The van der Waals surface area contributed by atoms with Gasteiger partial charge in [0.1, 0.15) is 12.4 Å². The third-order valence-corrected chi connectivity index (χ3v) is 4.63. The number of hydrogen-bond donors (Lipinski definition) is 1. The summed E-state index contributed by atoms with van der Waals surface area (Å²) in [5.41, 5.74) is 0.187. The summed E-state index contributed by atoms with van der Waals surface area (Å²) in [6, 6.07) is 10.1. The molecule has 0 aliphatic rings. The Bertz CT molecular complexity index is 902. The SMILES string of the molecule is COc1ccc(N(CC(=O)Nc2ccccc2F)S(C)(=O)=O)cc1OC. The molecule has 9 heteroatoms. The average molecular weight is 382 g/mol. The minimum absolute atomic E-state index is 0.0294. The van der Waals surface area contributed by atoms with Gasteiger partial charge in [-0.05, 0) is 24.3 Å². The fourth-order valence-corrected chi connectivity index (χ4v) is 3.11. The van der Waals surface area contributed by atoms with E-state index in [1.54, 1.807) is 6.07 Å². The number of para-hydroxylation sites is 1. The van der Waals surface area contributed by atoms with E-state index in [4.69, 9.17) is 9.47 Å². The predicted octanol–water partition coefficient (Wildman–Crippen LogP) is 2.25. The Hall–Kier alpha value is -2.81. The maximum atomic E-state index is 13.6. The van der Waals surface area contributed by atoms with E-state index >= 15 is 0 Å². The molecule has 0 aliphatic carbocycles. The molecule has 0 atom stereocenters. The van der Waals surface area contributed by atoms with Crippen molar-refractivity contribution in [2.75, 3.05) is 36.6 Å². The predicted molar refractivity (Wildman–Crippen MR) is 96.8 cm³/mol. The number of anilines is 2. The first kappa shape index (κ1) is 19.5. The van der Waals surface area contributed by atoms with E-state index < -0.39 is 28.3 Å². The summed E-state index contributed by atoms with van der Waals surface area (Å²) in [5, 5.41) is 2.36. The van der Waals surface area contributed by atoms with Gasteiger partial charge in [0.25, 0.3) is 0 Å². The lowest BCUT2D eigenvalue weighted by atomic mass is 10.2. The Morgan fingerprint density at radius 3 is 2.35 bits per heavy atom. The van der Waals surface area contributed by atoms with Crippen LogP contribution >= 0.6 is 0 Å². The van der Waals surface area contributed by atoms with Crippen LogP contribution in [0.2, 0.25) is 0 Å². The quantitative estimate of drug-likeness (QED) is 0.794. The van der Waals surface area contributed by atoms with E-state index in [0.717, 1.165) is 10.6 Å². The highest BCUT2D eigenvalue weighted by Crippen LogP contribution is 2.32. The second kappa shape index (κ2) is 8.05. The summed E-state index contributed by atoms with van der Waals surface area (Å²) < 4.78 is 49.1. The number of nitrogens with one attached hydrogen (secondary N) is 1. The van der Waals surface area contributed by atoms with Crippen LogP contribution in [0.25, 0.3) is 0 Å². The number of halogens is 1. The summed E-state index contributed by atoms with van der Waals surface area (Å²) in [7, 11) is -0.912. The molecule has 1 N–H and O–H groups in total. The summed E-state index contributed by atoms with van der Waals surface area (Å²) in [4.78, 5) is 12.2. The van der Waals surface area contributed by atoms with Crippen LogP contribution < -0.4 is 19.1 Å². The van der Waals surface area contributed by atoms with Gasteiger partial charge in [0.2, 0.25) is 15.9 Å². The van der Waals surface area contributed by atoms with Gasteiger partial charge in [-0.2, -0.15) is 0 Å². The molecule has 0 fully saturated rings. The number of nitrogens with zero attached hydrogens (tertiary/aromatic N) is 1. The first-order valence-corrected chi connectivity index (χ1v) is 9.35. The highest BCUT2D eigenvalue weighted by molar-refractivity contribution is 7.92. The van der Waals surface area contributed by atoms with Crippen LogP contribution in [-0.4, -0.2) is 41.3 Å². The number of sulfonamides is 1. The maximum Gasteiger partial charge on any atom is 0.245 e. The Morgan fingerprint density at radius 2 is 1.77 bits per heavy atom. The van der Waals surface area contributed by atoms with E-state index in [2.05, 4.69) is 5.32 Å². The minimum Gasteiger partial charge on any atom is -0.493 e. The van der Waals surface area contributed by atoms with Gasteiger partial charge in [-0.15, -0.1) is 0 Å². The molecule has 0 saturated heterocycles. The number of ether oxygens (including phenoxy) is 2. The zero-order valence-corrected chi connectivity index (χ0v) is 15.3. The largest absolute Gasteiger partial charge is 0.493 e. The smallest absolute Gasteiger partial charge is 0.245 e. The Labute approximate surface area is 151 Å². The molecule has 0 aromatic heterocycles. The number of carbonyl (C=O) groups excluding carboxylic acids is 1. The number of rotatable bonds is 7. The standard InChI is InChI=1S/C17H19FN2O5S/c1-24-15-9-8-12(10-16(15)25-2)20(26(3,22)23)11-17(21)19-14-7-5-4-6-13(14)18/h4-10H,11H2,1-3H3,(H,19,21). The number of hydrogen-bond acceptors (Lipinski definition) is 5. The fourth-order valence-electron chi connectivity index (χ4n) is 2.26. The Morgan fingerprint density at radius 1 is 1.12 bits per heavy atom. The third kappa shape index (κ3) is 4.63. The maximum absolute atomic E-state index is 13.6. The lowest BCUT2D eigenvalue weighted by Gasteiger charge is -2.23. The number of amides is 1. The molecule has 0 spiro atoms. The molecular formula is C17H19FN2O5S. The van der Waals surface area contributed by atoms with Crippen LogP contribution in [-0.2, 0) is 14.8 Å². The molecule has 2 aromatic carbocycles. The van der Waals surface area contributed by atoms with Crippen LogP contribution in [0, 0.1) is 5.82 Å². The molecule has 140 valence electrons. The van der Waals surface area contributed by atoms with Gasteiger partial charge < -0.3 is 14.8 Å². The second-order valence-electron chi connectivity index (χ2n) is 5.34. The summed E-state index contributed by atoms with van der Waals surface area (Å²) in [6.45, 7) is -0.525. The molecule has 2 aromatic rings. The molecule has 0 saturated carbocycles. The van der Waals surface area contributed by atoms with Crippen molar-refractivity contribution in [2.24, 2.45) is 0 Å². The van der Waals surface area contributed by atoms with E-state index in [9.17, 15) is 17.6 Å². The number of carbonyl (C=O) groups is 1. The normalized spacial score (nSPS) is 10.9. The van der Waals surface area contributed by atoms with Gasteiger partial charge >= 0.3 is 0 Å². The van der Waals surface area contributed by atoms with E-state index in [-0.39, 0.29) is 11.4 Å². The van der Waals surface area contributed by atoms with Crippen LogP contribution in [0.5, 0.6) is 11.5 Å². The van der Waals surface area contributed by atoms with Crippen molar-refractivity contribution < 1.29 is 27.1 Å². The topological polar surface area (TPSA) is 84.9 Å². The molecule has 0 aliphatic heterocycles. The molecule has 2 rings (SSSR count). The summed E-state index contributed by atoms with van der Waals surface area (Å²) >= 11 is 0. The Kier molecular flexibility index (Phi) is 6.04. The molecule has 0 heterocycles. The first-order valence-electron chi connectivity index (χ1n) is 7.50. The molecule has 7 nitrogen and oxygen atoms in total. The van der Waals surface area contributed by atoms with Gasteiger partial charge in [-0.3, -0.25) is 9.10 Å². The summed E-state index contributed by atoms with van der Waals surface area (Å²) in [6.07, 6.45) is 0.972. The van der Waals surface area contributed by atoms with Gasteiger partial charge in [0.15, 0.2) is 11.5 Å². The van der Waals surface area contributed by atoms with Crippen molar-refractivity contribution in [3.8, 4) is 11.5 Å². The zero-order chi connectivity index (χ0) is 19.3. The monoisotopic (exact) mass is 382 g/mol. The molecule has 26 heavy (non-hydrogen) atoms. The minimum atomic E-state index is -3.78. The van der Waals surface area contributed by atoms with Gasteiger partial charge in [-0.25, -0.2) is 12.8 Å². The van der Waals surface area contributed by atoms with E-state index in [1.165, 1.54) is 50.6 Å². The highest BCUT2D eigenvalue weighted by Gasteiger charge is 2.22. The summed E-state index contributed by atoms with van der Waals surface area (Å²) in [5.74, 6) is -0.568.